The van der Waals surface area contributed by atoms with E-state index in [0.717, 1.165) is 32.1 Å². The zero-order valence-corrected chi connectivity index (χ0v) is 9.37. The second-order valence-corrected chi connectivity index (χ2v) is 5.05. The van der Waals surface area contributed by atoms with Crippen LogP contribution in [0, 0.1) is 17.3 Å². The number of hydrogen-bond acceptors (Lipinski definition) is 1. The highest BCUT2D eigenvalue weighted by molar-refractivity contribution is 5.90. The fraction of sp³-hybridized carbons (Fsp3) is 0.643. The molecule has 2 saturated carbocycles. The molecule has 0 N–H and O–H groups in total. The average Bonchev–Trinajstić information content (AvgIpc) is 2.80. The molecule has 0 radical (unpaired) electrons. The standard InChI is InChI=1S/C14H20O/c1-3-5-9-14(8-4-2)12-7-6-11(10-12)13(14)15/h3-4,11-12H,1-2,5-10H2/t11-,12+,14+/m1/s1. The summed E-state index contributed by atoms with van der Waals surface area (Å²) in [7, 11) is 0. The Kier molecular flexibility index (Phi) is 2.81. The fourth-order valence-corrected chi connectivity index (χ4v) is 3.64. The Morgan fingerprint density at radius 3 is 2.67 bits per heavy atom. The molecule has 0 aliphatic heterocycles. The third kappa shape index (κ3) is 1.49. The summed E-state index contributed by atoms with van der Waals surface area (Å²) in [5.41, 5.74) is -0.0567. The van der Waals surface area contributed by atoms with E-state index in [0.29, 0.717) is 17.6 Å². The Bertz CT molecular complexity index is 292. The molecule has 0 aromatic heterocycles. The summed E-state index contributed by atoms with van der Waals surface area (Å²) in [6.07, 6.45) is 10.2. The molecule has 15 heavy (non-hydrogen) atoms. The van der Waals surface area contributed by atoms with E-state index in [1.165, 1.54) is 6.42 Å². The summed E-state index contributed by atoms with van der Waals surface area (Å²) in [5.74, 6) is 1.54. The SMILES string of the molecule is C=CCC[C@]1(CC=C)C(=O)[C@@H]2CC[C@H]1C2. The molecular weight excluding hydrogens is 184 g/mol. The van der Waals surface area contributed by atoms with Crippen LogP contribution in [0.5, 0.6) is 0 Å². The minimum Gasteiger partial charge on any atom is -0.299 e. The highest BCUT2D eigenvalue weighted by Gasteiger charge is 2.56. The Morgan fingerprint density at radius 1 is 1.33 bits per heavy atom. The number of allylic oxidation sites excluding steroid dienone is 2. The maximum atomic E-state index is 12.3. The molecule has 1 nitrogen and oxygen atoms in total. The molecule has 0 heterocycles. The number of ketones is 1. The minimum atomic E-state index is -0.0567. The highest BCUT2D eigenvalue weighted by atomic mass is 16.1. The molecule has 1 heteroatoms. The summed E-state index contributed by atoms with van der Waals surface area (Å²) in [6, 6.07) is 0. The lowest BCUT2D eigenvalue weighted by atomic mass is 9.67. The molecular formula is C14H20O. The Labute approximate surface area is 92.3 Å². The fourth-order valence-electron chi connectivity index (χ4n) is 3.64. The van der Waals surface area contributed by atoms with Gasteiger partial charge in [-0.05, 0) is 44.4 Å². The van der Waals surface area contributed by atoms with Crippen molar-refractivity contribution in [2.24, 2.45) is 17.3 Å². The molecule has 0 amide bonds. The maximum absolute atomic E-state index is 12.3. The summed E-state index contributed by atoms with van der Waals surface area (Å²) in [6.45, 7) is 7.58. The molecule has 0 aromatic carbocycles. The van der Waals surface area contributed by atoms with Crippen LogP contribution in [0.4, 0.5) is 0 Å². The summed E-state index contributed by atoms with van der Waals surface area (Å²) in [5, 5.41) is 0. The number of fused-ring (bicyclic) bond motifs is 2. The van der Waals surface area contributed by atoms with Crippen molar-refractivity contribution in [2.75, 3.05) is 0 Å². The van der Waals surface area contributed by atoms with Gasteiger partial charge < -0.3 is 0 Å². The van der Waals surface area contributed by atoms with Crippen molar-refractivity contribution in [3.8, 4) is 0 Å². The Hall–Kier alpha value is -0.850. The van der Waals surface area contributed by atoms with Crippen LogP contribution >= 0.6 is 0 Å². The van der Waals surface area contributed by atoms with Gasteiger partial charge in [-0.25, -0.2) is 0 Å². The molecule has 2 rings (SSSR count). The Morgan fingerprint density at radius 2 is 2.13 bits per heavy atom. The largest absolute Gasteiger partial charge is 0.299 e. The molecule has 2 bridgehead atoms. The Balaban J connectivity index is 2.21. The molecule has 0 spiro atoms. The van der Waals surface area contributed by atoms with Gasteiger partial charge in [0.2, 0.25) is 0 Å². The molecule has 2 aliphatic carbocycles. The van der Waals surface area contributed by atoms with Gasteiger partial charge in [0.15, 0.2) is 0 Å². The second-order valence-electron chi connectivity index (χ2n) is 5.05. The normalized spacial score (nSPS) is 38.3. The van der Waals surface area contributed by atoms with Crippen molar-refractivity contribution in [3.05, 3.63) is 25.3 Å². The number of Topliss-reactive ketones (excluding diaryl/α,β-unsaturated/α-hetero) is 1. The van der Waals surface area contributed by atoms with Crippen molar-refractivity contribution in [3.63, 3.8) is 0 Å². The summed E-state index contributed by atoms with van der Waals surface area (Å²) in [4.78, 5) is 12.3. The zero-order chi connectivity index (χ0) is 10.9. The van der Waals surface area contributed by atoms with Crippen LogP contribution in [0.2, 0.25) is 0 Å². The van der Waals surface area contributed by atoms with Crippen molar-refractivity contribution in [1.29, 1.82) is 0 Å². The second kappa shape index (κ2) is 3.96. The van der Waals surface area contributed by atoms with Gasteiger partial charge in [0, 0.05) is 11.3 Å². The maximum Gasteiger partial charge on any atom is 0.142 e. The van der Waals surface area contributed by atoms with Gasteiger partial charge in [-0.3, -0.25) is 4.79 Å². The molecule has 2 aliphatic rings. The van der Waals surface area contributed by atoms with E-state index in [9.17, 15) is 4.79 Å². The van der Waals surface area contributed by atoms with E-state index in [1.807, 2.05) is 12.2 Å². The summed E-state index contributed by atoms with van der Waals surface area (Å²) < 4.78 is 0. The van der Waals surface area contributed by atoms with Crippen molar-refractivity contribution >= 4 is 5.78 Å². The lowest BCUT2D eigenvalue weighted by molar-refractivity contribution is -0.132. The third-order valence-electron chi connectivity index (χ3n) is 4.38. The number of carbonyl (C=O) groups is 1. The van der Waals surface area contributed by atoms with Crippen molar-refractivity contribution in [1.82, 2.24) is 0 Å². The third-order valence-corrected chi connectivity index (χ3v) is 4.38. The van der Waals surface area contributed by atoms with Gasteiger partial charge in [-0.1, -0.05) is 12.2 Å². The molecule has 0 aromatic rings. The first-order chi connectivity index (χ1) is 7.24. The topological polar surface area (TPSA) is 17.1 Å². The van der Waals surface area contributed by atoms with Crippen LogP contribution in [0.25, 0.3) is 0 Å². The molecule has 3 atom stereocenters. The van der Waals surface area contributed by atoms with Gasteiger partial charge in [-0.15, -0.1) is 13.2 Å². The number of carbonyl (C=O) groups excluding carboxylic acids is 1. The lowest BCUT2D eigenvalue weighted by Gasteiger charge is -2.35. The van der Waals surface area contributed by atoms with Gasteiger partial charge in [0.05, 0.1) is 0 Å². The number of hydrogen-bond donors (Lipinski definition) is 0. The zero-order valence-electron chi connectivity index (χ0n) is 9.37. The van der Waals surface area contributed by atoms with Crippen LogP contribution in [0.1, 0.15) is 38.5 Å². The molecule has 0 saturated heterocycles. The van der Waals surface area contributed by atoms with Gasteiger partial charge in [0.1, 0.15) is 5.78 Å². The van der Waals surface area contributed by atoms with Crippen LogP contribution in [0.3, 0.4) is 0 Å². The predicted octanol–water partition coefficient (Wildman–Crippen LogP) is 3.51. The quantitative estimate of drug-likeness (QED) is 0.626. The average molecular weight is 204 g/mol. The van der Waals surface area contributed by atoms with Crippen molar-refractivity contribution < 1.29 is 4.79 Å². The van der Waals surface area contributed by atoms with Crippen molar-refractivity contribution in [2.45, 2.75) is 38.5 Å². The van der Waals surface area contributed by atoms with E-state index < -0.39 is 0 Å². The van der Waals surface area contributed by atoms with Crippen LogP contribution < -0.4 is 0 Å². The van der Waals surface area contributed by atoms with E-state index >= 15 is 0 Å². The van der Waals surface area contributed by atoms with Gasteiger partial charge in [-0.2, -0.15) is 0 Å². The summed E-state index contributed by atoms with van der Waals surface area (Å²) >= 11 is 0. The van der Waals surface area contributed by atoms with E-state index in [1.54, 1.807) is 0 Å². The highest BCUT2D eigenvalue weighted by Crippen LogP contribution is 2.57. The molecule has 82 valence electrons. The smallest absolute Gasteiger partial charge is 0.142 e. The molecule has 2 fully saturated rings. The van der Waals surface area contributed by atoms with E-state index in [2.05, 4.69) is 13.2 Å². The first-order valence-electron chi connectivity index (χ1n) is 6.00. The van der Waals surface area contributed by atoms with Crippen LogP contribution in [-0.4, -0.2) is 5.78 Å². The monoisotopic (exact) mass is 204 g/mol. The lowest BCUT2D eigenvalue weighted by Crippen LogP contribution is -2.36. The van der Waals surface area contributed by atoms with Crippen LogP contribution in [-0.2, 0) is 4.79 Å². The van der Waals surface area contributed by atoms with Crippen LogP contribution in [0.15, 0.2) is 25.3 Å². The first kappa shape index (κ1) is 10.7. The number of rotatable bonds is 5. The van der Waals surface area contributed by atoms with Gasteiger partial charge >= 0.3 is 0 Å². The first-order valence-corrected chi connectivity index (χ1v) is 6.00. The molecule has 0 unspecified atom stereocenters. The van der Waals surface area contributed by atoms with Gasteiger partial charge in [0.25, 0.3) is 0 Å². The predicted molar refractivity (Wildman–Crippen MR) is 62.5 cm³/mol. The van der Waals surface area contributed by atoms with E-state index in [-0.39, 0.29) is 5.41 Å². The minimum absolute atomic E-state index is 0.0567. The van der Waals surface area contributed by atoms with E-state index in [4.69, 9.17) is 0 Å².